The van der Waals surface area contributed by atoms with E-state index in [0.29, 0.717) is 11.3 Å². The molecule has 0 radical (unpaired) electrons. The lowest BCUT2D eigenvalue weighted by atomic mass is 9.89. The first kappa shape index (κ1) is 20.9. The fourth-order valence-corrected chi connectivity index (χ4v) is 3.97. The monoisotopic (exact) mass is 413 g/mol. The number of esters is 1. The topological polar surface area (TPSA) is 92.7 Å². The van der Waals surface area contributed by atoms with Crippen LogP contribution in [0.25, 0.3) is 0 Å². The molecule has 0 atom stereocenters. The van der Waals surface area contributed by atoms with Crippen molar-refractivity contribution in [2.45, 2.75) is 37.5 Å². The van der Waals surface area contributed by atoms with Gasteiger partial charge in [-0.2, -0.15) is 0 Å². The third-order valence-corrected chi connectivity index (χ3v) is 5.68. The summed E-state index contributed by atoms with van der Waals surface area (Å²) in [4.78, 5) is 37.1. The van der Waals surface area contributed by atoms with Crippen molar-refractivity contribution in [1.82, 2.24) is 0 Å². The minimum absolute atomic E-state index is 0.0445. The number of ether oxygens (including phenoxy) is 1. The molecular formula is C22H23NO5S. The Kier molecular flexibility index (Phi) is 6.59. The second kappa shape index (κ2) is 9.13. The van der Waals surface area contributed by atoms with Gasteiger partial charge in [0.25, 0.3) is 0 Å². The molecule has 0 saturated heterocycles. The van der Waals surface area contributed by atoms with E-state index in [9.17, 15) is 19.5 Å². The molecule has 0 heterocycles. The van der Waals surface area contributed by atoms with Crippen molar-refractivity contribution in [3.8, 4) is 5.75 Å². The number of benzene rings is 2. The maximum absolute atomic E-state index is 12.5. The van der Waals surface area contributed by atoms with Crippen molar-refractivity contribution in [2.75, 3.05) is 18.2 Å². The van der Waals surface area contributed by atoms with Gasteiger partial charge in [0.15, 0.2) is 12.4 Å². The summed E-state index contributed by atoms with van der Waals surface area (Å²) < 4.78 is 5.15. The molecule has 0 fully saturated rings. The second-order valence-electron chi connectivity index (χ2n) is 6.90. The van der Waals surface area contributed by atoms with Gasteiger partial charge in [-0.3, -0.25) is 9.59 Å². The summed E-state index contributed by atoms with van der Waals surface area (Å²) in [5.74, 6) is -1.40. The van der Waals surface area contributed by atoms with Crippen LogP contribution in [0.3, 0.4) is 0 Å². The first-order valence-corrected chi connectivity index (χ1v) is 10.6. The van der Waals surface area contributed by atoms with Gasteiger partial charge >= 0.3 is 5.97 Å². The molecule has 0 unspecified atom stereocenters. The number of amides is 1. The molecule has 1 amide bonds. The summed E-state index contributed by atoms with van der Waals surface area (Å²) in [5.41, 5.74) is 2.80. The highest BCUT2D eigenvalue weighted by Crippen LogP contribution is 2.32. The van der Waals surface area contributed by atoms with Gasteiger partial charge in [0.05, 0.1) is 5.69 Å². The molecule has 1 aliphatic rings. The SMILES string of the molecule is CSc1ccc(C(=O)COC(=O)c2ccc3c(c2O)CCCC3)cc1NC(C)=O. The van der Waals surface area contributed by atoms with Crippen molar-refractivity contribution >= 4 is 35.1 Å². The molecule has 0 aromatic heterocycles. The van der Waals surface area contributed by atoms with Gasteiger partial charge in [-0.05, 0) is 61.3 Å². The highest BCUT2D eigenvalue weighted by atomic mass is 32.2. The van der Waals surface area contributed by atoms with Crippen LogP contribution >= 0.6 is 11.8 Å². The zero-order chi connectivity index (χ0) is 21.0. The predicted molar refractivity (Wildman–Crippen MR) is 112 cm³/mol. The highest BCUT2D eigenvalue weighted by molar-refractivity contribution is 7.98. The maximum Gasteiger partial charge on any atom is 0.342 e. The molecule has 0 aliphatic heterocycles. The minimum Gasteiger partial charge on any atom is -0.507 e. The summed E-state index contributed by atoms with van der Waals surface area (Å²) >= 11 is 1.45. The van der Waals surface area contributed by atoms with Crippen molar-refractivity contribution in [3.05, 3.63) is 52.6 Å². The summed E-state index contributed by atoms with van der Waals surface area (Å²) in [6.07, 6.45) is 5.53. The van der Waals surface area contributed by atoms with E-state index in [1.54, 1.807) is 24.3 Å². The Bertz CT molecular complexity index is 970. The van der Waals surface area contributed by atoms with Gasteiger partial charge < -0.3 is 15.2 Å². The molecule has 2 aromatic rings. The van der Waals surface area contributed by atoms with E-state index in [4.69, 9.17) is 4.74 Å². The van der Waals surface area contributed by atoms with Crippen LogP contribution in [0.5, 0.6) is 5.75 Å². The number of aryl methyl sites for hydroxylation is 1. The molecule has 2 N–H and O–H groups in total. The zero-order valence-electron chi connectivity index (χ0n) is 16.4. The van der Waals surface area contributed by atoms with Gasteiger partial charge in [0.1, 0.15) is 11.3 Å². The fourth-order valence-electron chi connectivity index (χ4n) is 3.43. The van der Waals surface area contributed by atoms with E-state index in [1.165, 1.54) is 18.7 Å². The molecule has 29 heavy (non-hydrogen) atoms. The van der Waals surface area contributed by atoms with Crippen LogP contribution in [0.4, 0.5) is 5.69 Å². The lowest BCUT2D eigenvalue weighted by molar-refractivity contribution is -0.114. The third-order valence-electron chi connectivity index (χ3n) is 4.89. The summed E-state index contributed by atoms with van der Waals surface area (Å²) in [6.45, 7) is 0.943. The van der Waals surface area contributed by atoms with E-state index in [1.807, 2.05) is 12.3 Å². The van der Waals surface area contributed by atoms with Crippen molar-refractivity contribution in [1.29, 1.82) is 0 Å². The summed E-state index contributed by atoms with van der Waals surface area (Å²) in [5, 5.41) is 13.1. The average molecular weight is 413 g/mol. The Balaban J connectivity index is 1.71. The van der Waals surface area contributed by atoms with Gasteiger partial charge in [-0.1, -0.05) is 12.1 Å². The molecule has 3 rings (SSSR count). The highest BCUT2D eigenvalue weighted by Gasteiger charge is 2.21. The van der Waals surface area contributed by atoms with E-state index < -0.39 is 18.4 Å². The molecule has 1 aliphatic carbocycles. The van der Waals surface area contributed by atoms with Crippen molar-refractivity contribution in [3.63, 3.8) is 0 Å². The number of hydrogen-bond acceptors (Lipinski definition) is 6. The van der Waals surface area contributed by atoms with Crippen LogP contribution in [-0.2, 0) is 22.4 Å². The molecule has 0 bridgehead atoms. The number of ketones is 1. The third kappa shape index (κ3) is 4.79. The molecular weight excluding hydrogens is 390 g/mol. The van der Waals surface area contributed by atoms with Crippen molar-refractivity contribution in [2.24, 2.45) is 0 Å². The maximum atomic E-state index is 12.5. The Labute approximate surface area is 173 Å². The Morgan fingerprint density at radius 3 is 2.62 bits per heavy atom. The van der Waals surface area contributed by atoms with Crippen LogP contribution in [0, 0.1) is 0 Å². The fraction of sp³-hybridized carbons (Fsp3) is 0.318. The zero-order valence-corrected chi connectivity index (χ0v) is 17.2. The van der Waals surface area contributed by atoms with Crippen LogP contribution in [0.1, 0.15) is 51.6 Å². The molecule has 0 spiro atoms. The number of carbonyl (C=O) groups excluding carboxylic acids is 3. The van der Waals surface area contributed by atoms with Gasteiger partial charge in [0.2, 0.25) is 5.91 Å². The number of Topliss-reactive ketones (excluding diaryl/α,β-unsaturated/α-hetero) is 1. The van der Waals surface area contributed by atoms with Gasteiger partial charge in [-0.25, -0.2) is 4.79 Å². The first-order chi connectivity index (χ1) is 13.9. The Morgan fingerprint density at radius 2 is 1.90 bits per heavy atom. The number of hydrogen-bond donors (Lipinski definition) is 2. The quantitative estimate of drug-likeness (QED) is 0.423. The number of carbonyl (C=O) groups is 3. The number of nitrogens with one attached hydrogen (secondary N) is 1. The van der Waals surface area contributed by atoms with E-state index in [-0.39, 0.29) is 17.2 Å². The van der Waals surface area contributed by atoms with Crippen LogP contribution in [0.2, 0.25) is 0 Å². The van der Waals surface area contributed by atoms with Crippen LogP contribution < -0.4 is 5.32 Å². The second-order valence-corrected chi connectivity index (χ2v) is 7.75. The van der Waals surface area contributed by atoms with E-state index >= 15 is 0 Å². The number of aromatic hydroxyl groups is 1. The molecule has 2 aromatic carbocycles. The van der Waals surface area contributed by atoms with E-state index in [2.05, 4.69) is 5.32 Å². The summed E-state index contributed by atoms with van der Waals surface area (Å²) in [6, 6.07) is 8.33. The lowest BCUT2D eigenvalue weighted by Gasteiger charge is -2.18. The standard InChI is InChI=1S/C22H23NO5S/c1-13(24)23-18-11-15(8-10-20(18)29-2)19(25)12-28-22(27)17-9-7-14-5-3-4-6-16(14)21(17)26/h7-11,26H,3-6,12H2,1-2H3,(H,23,24). The summed E-state index contributed by atoms with van der Waals surface area (Å²) in [7, 11) is 0. The largest absolute Gasteiger partial charge is 0.507 e. The predicted octanol–water partition coefficient (Wildman–Crippen LogP) is 3.99. The smallest absolute Gasteiger partial charge is 0.342 e. The molecule has 6 nitrogen and oxygen atoms in total. The minimum atomic E-state index is -0.730. The normalized spacial score (nSPS) is 12.8. The first-order valence-electron chi connectivity index (χ1n) is 9.40. The molecule has 7 heteroatoms. The van der Waals surface area contributed by atoms with Gasteiger partial charge in [0, 0.05) is 17.4 Å². The molecule has 0 saturated carbocycles. The van der Waals surface area contributed by atoms with Crippen LogP contribution in [-0.4, -0.2) is 35.6 Å². The number of phenols is 1. The number of phenolic OH excluding ortho intramolecular Hbond substituents is 1. The Hall–Kier alpha value is -2.80. The lowest BCUT2D eigenvalue weighted by Crippen LogP contribution is -2.16. The average Bonchev–Trinajstić information content (AvgIpc) is 2.71. The number of anilines is 1. The number of fused-ring (bicyclic) bond motifs is 1. The molecule has 152 valence electrons. The van der Waals surface area contributed by atoms with Gasteiger partial charge in [-0.15, -0.1) is 11.8 Å². The van der Waals surface area contributed by atoms with Crippen molar-refractivity contribution < 1.29 is 24.2 Å². The number of thioether (sulfide) groups is 1. The van der Waals surface area contributed by atoms with E-state index in [0.717, 1.165) is 41.7 Å². The Morgan fingerprint density at radius 1 is 1.14 bits per heavy atom. The number of rotatable bonds is 6. The van der Waals surface area contributed by atoms with Crippen LogP contribution in [0.15, 0.2) is 35.2 Å².